The van der Waals surface area contributed by atoms with Crippen LogP contribution in [0.4, 0.5) is 13.6 Å². The van der Waals surface area contributed by atoms with Gasteiger partial charge in [0.25, 0.3) is 5.56 Å². The molecule has 1 aromatic carbocycles. The van der Waals surface area contributed by atoms with Gasteiger partial charge in [0.15, 0.2) is 0 Å². The molecule has 3 rings (SSSR count). The summed E-state index contributed by atoms with van der Waals surface area (Å²) in [4.78, 5) is 24.8. The number of benzene rings is 1. The number of methoxy groups -OCH3 is 1. The van der Waals surface area contributed by atoms with Gasteiger partial charge in [-0.25, -0.2) is 13.6 Å². The summed E-state index contributed by atoms with van der Waals surface area (Å²) in [6, 6.07) is 4.22. The molecule has 1 amide bonds. The van der Waals surface area contributed by atoms with Crippen molar-refractivity contribution in [1.82, 2.24) is 10.1 Å². The predicted octanol–water partition coefficient (Wildman–Crippen LogP) is 2.80. The minimum absolute atomic E-state index is 0.0959. The molecule has 1 fully saturated rings. The fourth-order valence-electron chi connectivity index (χ4n) is 3.31. The molecular formula is C17H18F2N2O4. The number of aromatic amines is 1. The van der Waals surface area contributed by atoms with E-state index in [1.165, 1.54) is 18.1 Å². The Morgan fingerprint density at radius 2 is 2.20 bits per heavy atom. The van der Waals surface area contributed by atoms with Crippen molar-refractivity contribution in [2.75, 3.05) is 13.7 Å². The third kappa shape index (κ3) is 3.72. The second-order valence-electron chi connectivity index (χ2n) is 6.09. The van der Waals surface area contributed by atoms with E-state index in [2.05, 4.69) is 5.16 Å². The minimum Gasteiger partial charge on any atom is -0.453 e. The van der Waals surface area contributed by atoms with Crippen LogP contribution in [0, 0.1) is 11.6 Å². The molecule has 0 spiro atoms. The molecule has 2 heterocycles. The van der Waals surface area contributed by atoms with Gasteiger partial charge in [-0.15, -0.1) is 0 Å². The van der Waals surface area contributed by atoms with Crippen LogP contribution in [-0.4, -0.2) is 35.8 Å². The molecule has 0 unspecified atom stereocenters. The van der Waals surface area contributed by atoms with Crippen LogP contribution in [-0.2, 0) is 11.2 Å². The lowest BCUT2D eigenvalue weighted by Gasteiger charge is -2.38. The van der Waals surface area contributed by atoms with E-state index in [0.29, 0.717) is 25.1 Å². The largest absolute Gasteiger partial charge is 0.453 e. The number of amides is 1. The summed E-state index contributed by atoms with van der Waals surface area (Å²) in [5.74, 6) is -0.660. The summed E-state index contributed by atoms with van der Waals surface area (Å²) < 4.78 is 37.4. The van der Waals surface area contributed by atoms with Crippen molar-refractivity contribution >= 4 is 6.09 Å². The molecular weight excluding hydrogens is 334 g/mol. The zero-order chi connectivity index (χ0) is 18.0. The highest BCUT2D eigenvalue weighted by atomic mass is 19.1. The Morgan fingerprint density at radius 1 is 1.40 bits per heavy atom. The maximum atomic E-state index is 14.0. The lowest BCUT2D eigenvalue weighted by Crippen LogP contribution is -2.46. The van der Waals surface area contributed by atoms with Crippen LogP contribution >= 0.6 is 0 Å². The Balaban J connectivity index is 1.85. The first-order valence-electron chi connectivity index (χ1n) is 7.95. The van der Waals surface area contributed by atoms with E-state index in [1.54, 1.807) is 0 Å². The number of halogens is 2. The fraction of sp³-hybridized carbons (Fsp3) is 0.412. The molecule has 1 aliphatic heterocycles. The Bertz CT molecular complexity index is 817. The number of piperidine rings is 1. The summed E-state index contributed by atoms with van der Waals surface area (Å²) in [7, 11) is 1.28. The van der Waals surface area contributed by atoms with Gasteiger partial charge in [0.1, 0.15) is 17.4 Å². The molecule has 0 saturated carbocycles. The molecule has 0 radical (unpaired) electrons. The number of aromatic nitrogens is 1. The number of likely N-dealkylation sites (tertiary alicyclic amines) is 1. The number of carbonyl (C=O) groups is 1. The van der Waals surface area contributed by atoms with Gasteiger partial charge in [-0.05, 0) is 43.0 Å². The SMILES string of the molecule is COC(=O)N1CC[C@H](c2cc(=O)[nH]o2)C[C@@H]1Cc1cc(F)ccc1F. The van der Waals surface area contributed by atoms with E-state index in [0.717, 1.165) is 18.2 Å². The summed E-state index contributed by atoms with van der Waals surface area (Å²) in [5.41, 5.74) is -0.145. The van der Waals surface area contributed by atoms with Crippen molar-refractivity contribution in [2.24, 2.45) is 0 Å². The molecule has 1 N–H and O–H groups in total. The molecule has 1 saturated heterocycles. The summed E-state index contributed by atoms with van der Waals surface area (Å²) in [5, 5.41) is 2.25. The van der Waals surface area contributed by atoms with Crippen molar-refractivity contribution in [3.05, 3.63) is 57.6 Å². The monoisotopic (exact) mass is 352 g/mol. The van der Waals surface area contributed by atoms with Crippen LogP contribution in [0.1, 0.15) is 30.1 Å². The summed E-state index contributed by atoms with van der Waals surface area (Å²) in [6.07, 6.45) is 0.657. The molecule has 6 nitrogen and oxygen atoms in total. The quantitative estimate of drug-likeness (QED) is 0.922. The highest BCUT2D eigenvalue weighted by Crippen LogP contribution is 2.33. The number of H-pyrrole nitrogens is 1. The normalized spacial score (nSPS) is 20.5. The van der Waals surface area contributed by atoms with Crippen LogP contribution in [0.3, 0.4) is 0 Å². The fourth-order valence-corrected chi connectivity index (χ4v) is 3.31. The van der Waals surface area contributed by atoms with Crippen molar-refractivity contribution in [3.63, 3.8) is 0 Å². The Kier molecular flexibility index (Phi) is 4.87. The number of hydrogen-bond acceptors (Lipinski definition) is 4. The third-order valence-corrected chi connectivity index (χ3v) is 4.53. The summed E-state index contributed by atoms with van der Waals surface area (Å²) >= 11 is 0. The van der Waals surface area contributed by atoms with E-state index >= 15 is 0 Å². The molecule has 0 aliphatic carbocycles. The van der Waals surface area contributed by atoms with Gasteiger partial charge in [-0.2, -0.15) is 5.16 Å². The molecule has 1 aromatic heterocycles. The van der Waals surface area contributed by atoms with Gasteiger partial charge < -0.3 is 14.2 Å². The first kappa shape index (κ1) is 17.2. The first-order valence-corrected chi connectivity index (χ1v) is 7.95. The first-order chi connectivity index (χ1) is 12.0. The average Bonchev–Trinajstić information content (AvgIpc) is 3.04. The molecule has 134 valence electrons. The lowest BCUT2D eigenvalue weighted by atomic mass is 9.86. The van der Waals surface area contributed by atoms with E-state index in [4.69, 9.17) is 9.26 Å². The maximum Gasteiger partial charge on any atom is 0.409 e. The molecule has 8 heteroatoms. The molecule has 25 heavy (non-hydrogen) atoms. The van der Waals surface area contributed by atoms with Crippen LogP contribution in [0.2, 0.25) is 0 Å². The van der Waals surface area contributed by atoms with Gasteiger partial charge in [0, 0.05) is 24.6 Å². The predicted molar refractivity (Wildman–Crippen MR) is 84.3 cm³/mol. The van der Waals surface area contributed by atoms with Crippen LogP contribution < -0.4 is 5.56 Å². The van der Waals surface area contributed by atoms with Crippen molar-refractivity contribution in [3.8, 4) is 0 Å². The van der Waals surface area contributed by atoms with Gasteiger partial charge in [-0.1, -0.05) is 0 Å². The van der Waals surface area contributed by atoms with Crippen molar-refractivity contribution < 1.29 is 22.8 Å². The smallest absolute Gasteiger partial charge is 0.409 e. The van der Waals surface area contributed by atoms with E-state index in [1.807, 2.05) is 0 Å². The van der Waals surface area contributed by atoms with E-state index in [-0.39, 0.29) is 23.5 Å². The zero-order valence-electron chi connectivity index (χ0n) is 13.6. The molecule has 0 bridgehead atoms. The highest BCUT2D eigenvalue weighted by Gasteiger charge is 2.35. The average molecular weight is 352 g/mol. The van der Waals surface area contributed by atoms with Gasteiger partial charge in [0.2, 0.25) is 0 Å². The zero-order valence-corrected chi connectivity index (χ0v) is 13.6. The van der Waals surface area contributed by atoms with E-state index < -0.39 is 23.8 Å². The Morgan fingerprint density at radius 3 is 2.88 bits per heavy atom. The number of nitrogens with zero attached hydrogens (tertiary/aromatic N) is 1. The maximum absolute atomic E-state index is 14.0. The van der Waals surface area contributed by atoms with Crippen LogP contribution in [0.15, 0.2) is 33.6 Å². The highest BCUT2D eigenvalue weighted by molar-refractivity contribution is 5.68. The molecule has 1 aliphatic rings. The molecule has 2 atom stereocenters. The van der Waals surface area contributed by atoms with Crippen LogP contribution in [0.5, 0.6) is 0 Å². The lowest BCUT2D eigenvalue weighted by molar-refractivity contribution is 0.0814. The van der Waals surface area contributed by atoms with Gasteiger partial charge in [-0.3, -0.25) is 4.79 Å². The topological polar surface area (TPSA) is 75.5 Å². The van der Waals surface area contributed by atoms with Gasteiger partial charge >= 0.3 is 6.09 Å². The second kappa shape index (κ2) is 7.08. The Hall–Kier alpha value is -2.64. The number of hydrogen-bond donors (Lipinski definition) is 1. The number of ether oxygens (including phenoxy) is 1. The van der Waals surface area contributed by atoms with Gasteiger partial charge in [0.05, 0.1) is 7.11 Å². The Labute approximate surface area is 142 Å². The van der Waals surface area contributed by atoms with E-state index in [9.17, 15) is 18.4 Å². The van der Waals surface area contributed by atoms with Crippen molar-refractivity contribution in [1.29, 1.82) is 0 Å². The van der Waals surface area contributed by atoms with Crippen LogP contribution in [0.25, 0.3) is 0 Å². The molecule has 2 aromatic rings. The summed E-state index contributed by atoms with van der Waals surface area (Å²) in [6.45, 7) is 0.369. The number of nitrogens with one attached hydrogen (secondary N) is 1. The minimum atomic E-state index is -0.537. The number of rotatable bonds is 3. The standard InChI is InChI=1S/C17H18F2N2O4/c1-24-17(23)21-5-4-10(15-9-16(22)20-25-15)7-13(21)8-11-6-12(18)2-3-14(11)19/h2-3,6,9-10,13H,4-5,7-8H2,1H3,(H,20,22)/t10-,13+/m0/s1. The third-order valence-electron chi connectivity index (χ3n) is 4.53. The number of carbonyl (C=O) groups excluding carboxylic acids is 1. The second-order valence-corrected chi connectivity index (χ2v) is 6.09. The van der Waals surface area contributed by atoms with Crippen molar-refractivity contribution in [2.45, 2.75) is 31.2 Å².